The highest BCUT2D eigenvalue weighted by atomic mass is 35.5. The summed E-state index contributed by atoms with van der Waals surface area (Å²) in [6.45, 7) is 1.66. The molecular formula is C10H11ClFN. The molecule has 0 aromatic heterocycles. The second kappa shape index (κ2) is 3.28. The average Bonchev–Trinajstić information content (AvgIpc) is 2.12. The Labute approximate surface area is 82.1 Å². The summed E-state index contributed by atoms with van der Waals surface area (Å²) in [7, 11) is 2.02. The maximum Gasteiger partial charge on any atom is 0.126 e. The van der Waals surface area contributed by atoms with Crippen LogP contribution in [0.2, 0.25) is 5.02 Å². The van der Waals surface area contributed by atoms with Gasteiger partial charge in [-0.1, -0.05) is 11.6 Å². The summed E-state index contributed by atoms with van der Waals surface area (Å²) in [5.74, 6) is -0.118. The molecule has 1 nitrogen and oxygen atoms in total. The van der Waals surface area contributed by atoms with E-state index < -0.39 is 0 Å². The Kier molecular flexibility index (Phi) is 2.26. The van der Waals surface area contributed by atoms with Crippen LogP contribution in [0.3, 0.4) is 0 Å². The first kappa shape index (κ1) is 8.97. The monoisotopic (exact) mass is 199 g/mol. The molecule has 0 atom stereocenters. The number of fused-ring (bicyclic) bond motifs is 1. The predicted octanol–water partition coefficient (Wildman–Crippen LogP) is 2.47. The fourth-order valence-corrected chi connectivity index (χ4v) is 1.97. The van der Waals surface area contributed by atoms with Gasteiger partial charge in [0.05, 0.1) is 0 Å². The van der Waals surface area contributed by atoms with E-state index in [0.29, 0.717) is 5.02 Å². The fraction of sp³-hybridized carbons (Fsp3) is 0.400. The van der Waals surface area contributed by atoms with Crippen LogP contribution in [-0.4, -0.2) is 18.5 Å². The van der Waals surface area contributed by atoms with Crippen LogP contribution in [0, 0.1) is 5.82 Å². The quantitative estimate of drug-likeness (QED) is 0.621. The zero-order chi connectivity index (χ0) is 9.42. The van der Waals surface area contributed by atoms with Crippen LogP contribution < -0.4 is 0 Å². The van der Waals surface area contributed by atoms with E-state index in [1.807, 2.05) is 7.05 Å². The number of rotatable bonds is 0. The van der Waals surface area contributed by atoms with Crippen LogP contribution >= 0.6 is 11.6 Å². The predicted molar refractivity (Wildman–Crippen MR) is 51.4 cm³/mol. The number of nitrogens with zero attached hydrogens (tertiary/aromatic N) is 1. The molecule has 0 unspecified atom stereocenters. The van der Waals surface area contributed by atoms with Gasteiger partial charge < -0.3 is 4.90 Å². The third kappa shape index (κ3) is 1.56. The lowest BCUT2D eigenvalue weighted by molar-refractivity contribution is 0.309. The molecule has 0 radical (unpaired) electrons. The van der Waals surface area contributed by atoms with Crippen LogP contribution in [0.4, 0.5) is 4.39 Å². The van der Waals surface area contributed by atoms with Crippen molar-refractivity contribution >= 4 is 11.6 Å². The number of halogens is 2. The van der Waals surface area contributed by atoms with E-state index in [4.69, 9.17) is 11.6 Å². The van der Waals surface area contributed by atoms with Crippen molar-refractivity contribution in [2.24, 2.45) is 0 Å². The molecule has 1 aromatic carbocycles. The standard InChI is InChI=1S/C10H11ClFN/c1-13-5-4-7-8(6-13)9(11)2-3-10(7)12/h2-3H,4-6H2,1H3. The third-order valence-corrected chi connectivity index (χ3v) is 2.84. The molecule has 0 aliphatic carbocycles. The molecule has 1 heterocycles. The van der Waals surface area contributed by atoms with Gasteiger partial charge in [0.2, 0.25) is 0 Å². The van der Waals surface area contributed by atoms with Gasteiger partial charge in [-0.2, -0.15) is 0 Å². The van der Waals surface area contributed by atoms with Gasteiger partial charge in [0.15, 0.2) is 0 Å². The van der Waals surface area contributed by atoms with Crippen molar-refractivity contribution in [1.29, 1.82) is 0 Å². The van der Waals surface area contributed by atoms with Gasteiger partial charge in [0.1, 0.15) is 5.82 Å². The van der Waals surface area contributed by atoms with Crippen LogP contribution in [0.25, 0.3) is 0 Å². The first-order valence-electron chi connectivity index (χ1n) is 4.33. The van der Waals surface area contributed by atoms with Crippen molar-refractivity contribution in [1.82, 2.24) is 4.90 Å². The summed E-state index contributed by atoms with van der Waals surface area (Å²) in [5.41, 5.74) is 1.75. The molecule has 0 spiro atoms. The van der Waals surface area contributed by atoms with Crippen LogP contribution in [-0.2, 0) is 13.0 Å². The average molecular weight is 200 g/mol. The minimum absolute atomic E-state index is 0.118. The molecule has 1 aliphatic heterocycles. The van der Waals surface area contributed by atoms with E-state index in [9.17, 15) is 4.39 Å². The van der Waals surface area contributed by atoms with Crippen LogP contribution in [0.1, 0.15) is 11.1 Å². The largest absolute Gasteiger partial charge is 0.302 e. The van der Waals surface area contributed by atoms with E-state index >= 15 is 0 Å². The van der Waals surface area contributed by atoms with Crippen molar-refractivity contribution in [2.75, 3.05) is 13.6 Å². The maximum atomic E-state index is 13.3. The SMILES string of the molecule is CN1CCc2c(F)ccc(Cl)c2C1. The van der Waals surface area contributed by atoms with E-state index in [1.165, 1.54) is 6.07 Å². The second-order valence-corrected chi connectivity index (χ2v) is 3.88. The van der Waals surface area contributed by atoms with Crippen molar-refractivity contribution in [3.8, 4) is 0 Å². The summed E-state index contributed by atoms with van der Waals surface area (Å²) < 4.78 is 13.3. The zero-order valence-electron chi connectivity index (χ0n) is 7.48. The van der Waals surface area contributed by atoms with E-state index in [2.05, 4.69) is 4.90 Å². The molecule has 1 aliphatic rings. The number of benzene rings is 1. The van der Waals surface area contributed by atoms with Crippen LogP contribution in [0.15, 0.2) is 12.1 Å². The van der Waals surface area contributed by atoms with Gasteiger partial charge in [-0.25, -0.2) is 4.39 Å². The second-order valence-electron chi connectivity index (χ2n) is 3.47. The summed E-state index contributed by atoms with van der Waals surface area (Å²) in [4.78, 5) is 2.15. The van der Waals surface area contributed by atoms with Gasteiger partial charge in [-0.05, 0) is 36.7 Å². The highest BCUT2D eigenvalue weighted by Crippen LogP contribution is 2.27. The van der Waals surface area contributed by atoms with Gasteiger partial charge in [-0.3, -0.25) is 0 Å². The molecule has 0 amide bonds. The maximum absolute atomic E-state index is 13.3. The molecule has 0 bridgehead atoms. The minimum atomic E-state index is -0.118. The minimum Gasteiger partial charge on any atom is -0.302 e. The van der Waals surface area contributed by atoms with Gasteiger partial charge >= 0.3 is 0 Å². The summed E-state index contributed by atoms with van der Waals surface area (Å²) in [5, 5.41) is 0.683. The number of hydrogen-bond acceptors (Lipinski definition) is 1. The molecule has 0 saturated carbocycles. The van der Waals surface area contributed by atoms with E-state index in [-0.39, 0.29) is 5.82 Å². The summed E-state index contributed by atoms with van der Waals surface area (Å²) >= 11 is 5.99. The van der Waals surface area contributed by atoms with Crippen LogP contribution in [0.5, 0.6) is 0 Å². The van der Waals surface area contributed by atoms with Crippen molar-refractivity contribution in [2.45, 2.75) is 13.0 Å². The lowest BCUT2D eigenvalue weighted by atomic mass is 9.99. The highest BCUT2D eigenvalue weighted by molar-refractivity contribution is 6.31. The van der Waals surface area contributed by atoms with Gasteiger partial charge in [0, 0.05) is 18.1 Å². The first-order valence-corrected chi connectivity index (χ1v) is 4.70. The molecule has 13 heavy (non-hydrogen) atoms. The van der Waals surface area contributed by atoms with Crippen molar-refractivity contribution in [3.05, 3.63) is 34.1 Å². The molecule has 1 aromatic rings. The van der Waals surface area contributed by atoms with E-state index in [0.717, 1.165) is 30.6 Å². The Morgan fingerprint density at radius 1 is 1.38 bits per heavy atom. The molecule has 0 N–H and O–H groups in total. The lowest BCUT2D eigenvalue weighted by Gasteiger charge is -2.25. The van der Waals surface area contributed by atoms with E-state index in [1.54, 1.807) is 6.07 Å². The zero-order valence-corrected chi connectivity index (χ0v) is 8.24. The Hall–Kier alpha value is -0.600. The number of likely N-dealkylation sites (N-methyl/N-ethyl adjacent to an activating group) is 1. The Bertz CT molecular complexity index is 338. The molecule has 3 heteroatoms. The molecule has 2 rings (SSSR count). The summed E-state index contributed by atoms with van der Waals surface area (Å²) in [6.07, 6.45) is 0.762. The Morgan fingerprint density at radius 3 is 2.92 bits per heavy atom. The lowest BCUT2D eigenvalue weighted by Crippen LogP contribution is -2.27. The highest BCUT2D eigenvalue weighted by Gasteiger charge is 2.18. The fourth-order valence-electron chi connectivity index (χ4n) is 1.73. The molecule has 0 fully saturated rings. The third-order valence-electron chi connectivity index (χ3n) is 2.49. The van der Waals surface area contributed by atoms with Crippen molar-refractivity contribution in [3.63, 3.8) is 0 Å². The molecule has 70 valence electrons. The summed E-state index contributed by atoms with van der Waals surface area (Å²) in [6, 6.07) is 3.08. The Morgan fingerprint density at radius 2 is 2.15 bits per heavy atom. The smallest absolute Gasteiger partial charge is 0.126 e. The normalized spacial score (nSPS) is 17.2. The topological polar surface area (TPSA) is 3.24 Å². The molecular weight excluding hydrogens is 189 g/mol. The van der Waals surface area contributed by atoms with Gasteiger partial charge in [0.25, 0.3) is 0 Å². The molecule has 0 saturated heterocycles. The van der Waals surface area contributed by atoms with Gasteiger partial charge in [-0.15, -0.1) is 0 Å². The Balaban J connectivity index is 2.51. The number of hydrogen-bond donors (Lipinski definition) is 0. The van der Waals surface area contributed by atoms with Crippen molar-refractivity contribution < 1.29 is 4.39 Å². The first-order chi connectivity index (χ1) is 6.18.